The zero-order chi connectivity index (χ0) is 9.07. The second kappa shape index (κ2) is 3.87. The number of nitriles is 1. The molecule has 2 atom stereocenters. The van der Waals surface area contributed by atoms with Crippen molar-refractivity contribution in [2.45, 2.75) is 38.9 Å². The number of rotatable bonds is 3. The first-order valence-electron chi connectivity index (χ1n) is 3.96. The Morgan fingerprint density at radius 2 is 1.91 bits per heavy atom. The Kier molecular flexibility index (Phi) is 3.74. The van der Waals surface area contributed by atoms with Gasteiger partial charge in [-0.25, -0.2) is 0 Å². The second-order valence-electron chi connectivity index (χ2n) is 3.73. The molecule has 0 aliphatic heterocycles. The standard InChI is InChI=1S/C8H16FNSi/c1-7(6-10)5-8(2)11(3,4)9/h7-8H,5H2,1-4H3. The number of hydrogen-bond acceptors (Lipinski definition) is 1. The quantitative estimate of drug-likeness (QED) is 0.475. The molecule has 0 N–H and O–H groups in total. The van der Waals surface area contributed by atoms with E-state index in [9.17, 15) is 4.11 Å². The summed E-state index contributed by atoms with van der Waals surface area (Å²) in [6.45, 7) is 7.14. The van der Waals surface area contributed by atoms with Gasteiger partial charge in [-0.15, -0.1) is 0 Å². The van der Waals surface area contributed by atoms with E-state index in [1.54, 1.807) is 13.1 Å². The van der Waals surface area contributed by atoms with Crippen LogP contribution in [0.15, 0.2) is 0 Å². The molecule has 11 heavy (non-hydrogen) atoms. The molecule has 0 aromatic heterocycles. The topological polar surface area (TPSA) is 23.8 Å². The molecule has 0 amide bonds. The minimum atomic E-state index is -2.49. The monoisotopic (exact) mass is 173 g/mol. The fourth-order valence-electron chi connectivity index (χ4n) is 0.863. The molecule has 0 aromatic rings. The molecule has 0 aliphatic rings. The third-order valence-corrected chi connectivity index (χ3v) is 4.68. The smallest absolute Gasteiger partial charge is 0.243 e. The van der Waals surface area contributed by atoms with Gasteiger partial charge in [0.2, 0.25) is 8.41 Å². The summed E-state index contributed by atoms with van der Waals surface area (Å²) in [6.07, 6.45) is 0.701. The Morgan fingerprint density at radius 1 is 1.45 bits per heavy atom. The summed E-state index contributed by atoms with van der Waals surface area (Å²) in [5.74, 6) is -0.00692. The first-order chi connectivity index (χ1) is 4.88. The van der Waals surface area contributed by atoms with Crippen molar-refractivity contribution >= 4 is 8.41 Å². The first-order valence-corrected chi connectivity index (χ1v) is 6.92. The minimum Gasteiger partial charge on any atom is -0.314 e. The van der Waals surface area contributed by atoms with Crippen molar-refractivity contribution in [1.82, 2.24) is 0 Å². The van der Waals surface area contributed by atoms with Crippen LogP contribution in [0, 0.1) is 17.2 Å². The van der Waals surface area contributed by atoms with E-state index < -0.39 is 8.41 Å². The molecule has 0 radical (unpaired) electrons. The lowest BCUT2D eigenvalue weighted by Crippen LogP contribution is -2.25. The van der Waals surface area contributed by atoms with E-state index in [2.05, 4.69) is 6.07 Å². The highest BCUT2D eigenvalue weighted by Gasteiger charge is 2.29. The SMILES string of the molecule is CC(C#N)CC(C)[Si](C)(C)F. The Hall–Kier alpha value is -0.363. The largest absolute Gasteiger partial charge is 0.314 e. The zero-order valence-corrected chi connectivity index (χ0v) is 8.69. The third kappa shape index (κ3) is 4.15. The van der Waals surface area contributed by atoms with Gasteiger partial charge in [-0.1, -0.05) is 6.92 Å². The molecule has 0 saturated heterocycles. The highest BCUT2D eigenvalue weighted by Crippen LogP contribution is 2.28. The van der Waals surface area contributed by atoms with Gasteiger partial charge < -0.3 is 4.11 Å². The number of hydrogen-bond donors (Lipinski definition) is 0. The molecular formula is C8H16FNSi. The Balaban J connectivity index is 3.90. The molecule has 0 bridgehead atoms. The van der Waals surface area contributed by atoms with E-state index in [1.165, 1.54) is 0 Å². The molecule has 0 heterocycles. The lowest BCUT2D eigenvalue weighted by molar-refractivity contribution is 0.597. The summed E-state index contributed by atoms with van der Waals surface area (Å²) < 4.78 is 13.3. The lowest BCUT2D eigenvalue weighted by atomic mass is 10.1. The van der Waals surface area contributed by atoms with Crippen LogP contribution in [0.4, 0.5) is 4.11 Å². The first kappa shape index (κ1) is 10.6. The predicted molar refractivity (Wildman–Crippen MR) is 47.4 cm³/mol. The average Bonchev–Trinajstić information content (AvgIpc) is 1.85. The van der Waals surface area contributed by atoms with Crippen LogP contribution in [0.25, 0.3) is 0 Å². The van der Waals surface area contributed by atoms with Gasteiger partial charge in [0.1, 0.15) is 0 Å². The van der Waals surface area contributed by atoms with Crippen molar-refractivity contribution in [3.8, 4) is 6.07 Å². The maximum atomic E-state index is 13.3. The Morgan fingerprint density at radius 3 is 2.18 bits per heavy atom. The minimum absolute atomic E-state index is 0.00692. The Bertz CT molecular complexity index is 156. The van der Waals surface area contributed by atoms with Crippen LogP contribution < -0.4 is 0 Å². The Labute approximate surface area is 69.4 Å². The van der Waals surface area contributed by atoms with Crippen LogP contribution in [-0.4, -0.2) is 8.41 Å². The molecule has 2 unspecified atom stereocenters. The summed E-state index contributed by atoms with van der Waals surface area (Å²) in [5, 5.41) is 8.49. The normalized spacial score (nSPS) is 17.1. The molecule has 0 spiro atoms. The summed E-state index contributed by atoms with van der Waals surface area (Å²) in [7, 11) is -2.49. The highest BCUT2D eigenvalue weighted by molar-refractivity contribution is 6.71. The third-order valence-electron chi connectivity index (χ3n) is 2.10. The average molecular weight is 173 g/mol. The molecule has 1 nitrogen and oxygen atoms in total. The van der Waals surface area contributed by atoms with Gasteiger partial charge in [0, 0.05) is 5.92 Å². The van der Waals surface area contributed by atoms with Crippen LogP contribution in [0.2, 0.25) is 18.6 Å². The fraction of sp³-hybridized carbons (Fsp3) is 0.875. The molecule has 0 rings (SSSR count). The van der Waals surface area contributed by atoms with E-state index in [0.717, 1.165) is 0 Å². The molecular weight excluding hydrogens is 157 g/mol. The van der Waals surface area contributed by atoms with Crippen molar-refractivity contribution in [2.75, 3.05) is 0 Å². The van der Waals surface area contributed by atoms with Crippen molar-refractivity contribution in [3.05, 3.63) is 0 Å². The van der Waals surface area contributed by atoms with E-state index in [0.29, 0.717) is 6.42 Å². The molecule has 0 aliphatic carbocycles. The molecule has 0 aromatic carbocycles. The van der Waals surface area contributed by atoms with Crippen molar-refractivity contribution in [3.63, 3.8) is 0 Å². The van der Waals surface area contributed by atoms with Gasteiger partial charge in [0.05, 0.1) is 6.07 Å². The zero-order valence-electron chi connectivity index (χ0n) is 7.69. The lowest BCUT2D eigenvalue weighted by Gasteiger charge is -2.20. The maximum absolute atomic E-state index is 13.3. The van der Waals surface area contributed by atoms with Gasteiger partial charge in [-0.2, -0.15) is 5.26 Å². The van der Waals surface area contributed by atoms with E-state index in [1.807, 2.05) is 13.8 Å². The molecule has 0 fully saturated rings. The maximum Gasteiger partial charge on any atom is 0.243 e. The second-order valence-corrected chi connectivity index (χ2v) is 7.85. The highest BCUT2D eigenvalue weighted by atomic mass is 28.4. The molecule has 64 valence electrons. The van der Waals surface area contributed by atoms with Crippen LogP contribution in [0.3, 0.4) is 0 Å². The van der Waals surface area contributed by atoms with E-state index in [-0.39, 0.29) is 11.5 Å². The van der Waals surface area contributed by atoms with Gasteiger partial charge in [-0.05, 0) is 32.0 Å². The van der Waals surface area contributed by atoms with Crippen molar-refractivity contribution in [1.29, 1.82) is 5.26 Å². The van der Waals surface area contributed by atoms with Gasteiger partial charge >= 0.3 is 0 Å². The summed E-state index contributed by atoms with van der Waals surface area (Å²) in [6, 6.07) is 2.12. The van der Waals surface area contributed by atoms with E-state index >= 15 is 0 Å². The molecule has 3 heteroatoms. The van der Waals surface area contributed by atoms with Gasteiger partial charge in [0.15, 0.2) is 0 Å². The predicted octanol–water partition coefficient (Wildman–Crippen LogP) is 3.10. The van der Waals surface area contributed by atoms with Crippen LogP contribution in [0.5, 0.6) is 0 Å². The number of nitrogens with zero attached hydrogens (tertiary/aromatic N) is 1. The van der Waals surface area contributed by atoms with Gasteiger partial charge in [0.25, 0.3) is 0 Å². The van der Waals surface area contributed by atoms with E-state index in [4.69, 9.17) is 5.26 Å². The number of halogens is 1. The van der Waals surface area contributed by atoms with Gasteiger partial charge in [-0.3, -0.25) is 0 Å². The fourth-order valence-corrected chi connectivity index (χ4v) is 1.78. The summed E-state index contributed by atoms with van der Waals surface area (Å²) >= 11 is 0. The van der Waals surface area contributed by atoms with Crippen LogP contribution in [-0.2, 0) is 0 Å². The summed E-state index contributed by atoms with van der Waals surface area (Å²) in [4.78, 5) is 0. The molecule has 0 saturated carbocycles. The van der Waals surface area contributed by atoms with Crippen molar-refractivity contribution < 1.29 is 4.11 Å². The van der Waals surface area contributed by atoms with Crippen molar-refractivity contribution in [2.24, 2.45) is 5.92 Å². The van der Waals surface area contributed by atoms with Crippen LogP contribution in [0.1, 0.15) is 20.3 Å². The van der Waals surface area contributed by atoms with Crippen LogP contribution >= 0.6 is 0 Å². The summed E-state index contributed by atoms with van der Waals surface area (Å²) in [5.41, 5.74) is 0.0946.